The van der Waals surface area contributed by atoms with Crippen LogP contribution in [0.2, 0.25) is 0 Å². The van der Waals surface area contributed by atoms with E-state index in [1.54, 1.807) is 32.4 Å². The summed E-state index contributed by atoms with van der Waals surface area (Å²) in [4.78, 5) is 20.8. The highest BCUT2D eigenvalue weighted by atomic mass is 16.5. The molecule has 0 bridgehead atoms. The Bertz CT molecular complexity index is 1030. The fourth-order valence-corrected chi connectivity index (χ4v) is 2.57. The predicted molar refractivity (Wildman–Crippen MR) is 99.4 cm³/mol. The topological polar surface area (TPSA) is 103 Å². The summed E-state index contributed by atoms with van der Waals surface area (Å²) < 4.78 is 12.0. The van der Waals surface area contributed by atoms with Crippen molar-refractivity contribution in [3.8, 4) is 11.5 Å². The van der Waals surface area contributed by atoms with Gasteiger partial charge in [0.2, 0.25) is 5.82 Å². The minimum absolute atomic E-state index is 0.00167. The van der Waals surface area contributed by atoms with E-state index in [9.17, 15) is 4.79 Å². The summed E-state index contributed by atoms with van der Waals surface area (Å²) in [6, 6.07) is 7.13. The smallest absolute Gasteiger partial charge is 0.309 e. The van der Waals surface area contributed by atoms with Crippen molar-refractivity contribution in [3.63, 3.8) is 0 Å². The Kier molecular flexibility index (Phi) is 4.93. The molecule has 0 aliphatic heterocycles. The Morgan fingerprint density at radius 1 is 1.11 bits per heavy atom. The van der Waals surface area contributed by atoms with Gasteiger partial charge >= 0.3 is 5.91 Å². The minimum atomic E-state index is -0.508. The Balaban J connectivity index is 1.74. The molecular formula is C18H20N6O3. The molecule has 9 nitrogen and oxygen atoms in total. The number of benzene rings is 1. The summed E-state index contributed by atoms with van der Waals surface area (Å²) in [7, 11) is 3.11. The molecule has 0 spiro atoms. The molecule has 2 heterocycles. The van der Waals surface area contributed by atoms with Crippen LogP contribution in [0.3, 0.4) is 0 Å². The largest absolute Gasteiger partial charge is 0.497 e. The second-order valence-electron chi connectivity index (χ2n) is 5.81. The van der Waals surface area contributed by atoms with E-state index in [1.807, 2.05) is 19.9 Å². The number of methoxy groups -OCH3 is 2. The van der Waals surface area contributed by atoms with Crippen molar-refractivity contribution in [1.29, 1.82) is 0 Å². The molecule has 0 aliphatic rings. The normalized spacial score (nSPS) is 10.5. The number of hydrazine groups is 1. The van der Waals surface area contributed by atoms with E-state index in [0.29, 0.717) is 28.5 Å². The molecule has 140 valence electrons. The number of aryl methyl sites for hydroxylation is 2. The molecule has 1 aromatic carbocycles. The van der Waals surface area contributed by atoms with Crippen LogP contribution in [-0.2, 0) is 0 Å². The van der Waals surface area contributed by atoms with Gasteiger partial charge in [0, 0.05) is 23.0 Å². The monoisotopic (exact) mass is 368 g/mol. The van der Waals surface area contributed by atoms with E-state index < -0.39 is 5.91 Å². The van der Waals surface area contributed by atoms with Crippen molar-refractivity contribution in [2.75, 3.05) is 14.2 Å². The summed E-state index contributed by atoms with van der Waals surface area (Å²) >= 11 is 0. The number of carbonyl (C=O) groups is 1. The zero-order chi connectivity index (χ0) is 19.6. The third-order valence-corrected chi connectivity index (χ3v) is 3.88. The third-order valence-electron chi connectivity index (χ3n) is 3.88. The fraction of sp³-hybridized carbons (Fsp3) is 0.222. The molecule has 0 atom stereocenters. The fourth-order valence-electron chi connectivity index (χ4n) is 2.57. The molecule has 2 N–H and O–H groups in total. The Labute approximate surface area is 156 Å². The third kappa shape index (κ3) is 3.66. The first-order valence-corrected chi connectivity index (χ1v) is 8.11. The highest BCUT2D eigenvalue weighted by Crippen LogP contribution is 2.28. The minimum Gasteiger partial charge on any atom is -0.497 e. The van der Waals surface area contributed by atoms with E-state index in [4.69, 9.17) is 9.47 Å². The predicted octanol–water partition coefficient (Wildman–Crippen LogP) is 1.66. The number of ether oxygens (including phenoxy) is 2. The molecule has 3 aromatic rings. The first-order valence-electron chi connectivity index (χ1n) is 8.11. The first kappa shape index (κ1) is 18.2. The molecule has 0 saturated carbocycles. The molecular weight excluding hydrogens is 348 g/mol. The Morgan fingerprint density at radius 3 is 2.59 bits per heavy atom. The van der Waals surface area contributed by atoms with Crippen molar-refractivity contribution >= 4 is 17.4 Å². The zero-order valence-electron chi connectivity index (χ0n) is 15.5. The zero-order valence-corrected chi connectivity index (χ0v) is 15.5. The number of hydrogen-bond acceptors (Lipinski definition) is 7. The number of rotatable bonds is 6. The van der Waals surface area contributed by atoms with Crippen LogP contribution in [0.25, 0.3) is 11.5 Å². The van der Waals surface area contributed by atoms with E-state index in [0.717, 1.165) is 11.4 Å². The summed E-state index contributed by atoms with van der Waals surface area (Å²) in [5.41, 5.74) is 8.04. The van der Waals surface area contributed by atoms with E-state index >= 15 is 0 Å². The Morgan fingerprint density at radius 2 is 1.89 bits per heavy atom. The maximum atomic E-state index is 12.4. The van der Waals surface area contributed by atoms with Crippen LogP contribution in [0.15, 0.2) is 30.8 Å². The van der Waals surface area contributed by atoms with Gasteiger partial charge in [0.05, 0.1) is 19.9 Å². The number of nitrogens with one attached hydrogen (secondary N) is 2. The van der Waals surface area contributed by atoms with E-state index in [2.05, 4.69) is 32.5 Å². The molecule has 0 fully saturated rings. The second-order valence-corrected chi connectivity index (χ2v) is 5.81. The highest BCUT2D eigenvalue weighted by Gasteiger charge is 2.16. The summed E-state index contributed by atoms with van der Waals surface area (Å²) in [6.45, 7) is 7.64. The maximum Gasteiger partial charge on any atom is 0.309 e. The summed E-state index contributed by atoms with van der Waals surface area (Å²) in [6.07, 6.45) is 0. The molecule has 0 aliphatic carbocycles. The lowest BCUT2D eigenvalue weighted by Crippen LogP contribution is -2.36. The first-order chi connectivity index (χ1) is 12.9. The van der Waals surface area contributed by atoms with Gasteiger partial charge in [-0.2, -0.15) is 4.98 Å². The second kappa shape index (κ2) is 7.32. The average molecular weight is 368 g/mol. The molecule has 2 aromatic heterocycles. The molecule has 27 heavy (non-hydrogen) atoms. The lowest BCUT2D eigenvalue weighted by molar-refractivity contribution is 0.0932. The van der Waals surface area contributed by atoms with Crippen molar-refractivity contribution in [2.24, 2.45) is 0 Å². The SMILES string of the molecule is C=C(NNC(=O)c1nc2nc(C)cc(C)n2n1)c1ccc(OC)cc1OC. The average Bonchev–Trinajstić information content (AvgIpc) is 3.09. The van der Waals surface area contributed by atoms with E-state index in [1.165, 1.54) is 4.52 Å². The molecule has 3 rings (SSSR count). The van der Waals surface area contributed by atoms with Crippen LogP contribution in [-0.4, -0.2) is 39.7 Å². The number of aromatic nitrogens is 4. The van der Waals surface area contributed by atoms with Gasteiger partial charge in [-0.3, -0.25) is 15.6 Å². The van der Waals surface area contributed by atoms with Gasteiger partial charge in [-0.15, -0.1) is 5.10 Å². The van der Waals surface area contributed by atoms with Crippen LogP contribution in [0, 0.1) is 13.8 Å². The van der Waals surface area contributed by atoms with Crippen LogP contribution in [0.4, 0.5) is 0 Å². The number of fused-ring (bicyclic) bond motifs is 1. The number of hydrogen-bond donors (Lipinski definition) is 2. The standard InChI is InChI=1S/C18H20N6O3/c1-10-8-11(2)24-18(19-10)20-16(23-24)17(25)22-21-12(3)14-7-6-13(26-4)9-15(14)27-5/h6-9,21H,3H2,1-2,4-5H3,(H,22,25). The van der Waals surface area contributed by atoms with Crippen LogP contribution in [0.5, 0.6) is 11.5 Å². The van der Waals surface area contributed by atoms with Gasteiger partial charge < -0.3 is 9.47 Å². The van der Waals surface area contributed by atoms with Crippen molar-refractivity contribution < 1.29 is 14.3 Å². The lowest BCUT2D eigenvalue weighted by Gasteiger charge is -2.14. The van der Waals surface area contributed by atoms with Gasteiger partial charge in [0.15, 0.2) is 0 Å². The summed E-state index contributed by atoms with van der Waals surface area (Å²) in [5.74, 6) is 1.07. The van der Waals surface area contributed by atoms with Gasteiger partial charge in [-0.25, -0.2) is 9.50 Å². The Hall–Kier alpha value is -3.62. The molecule has 1 amide bonds. The van der Waals surface area contributed by atoms with E-state index in [-0.39, 0.29) is 5.82 Å². The van der Waals surface area contributed by atoms with Crippen molar-refractivity contribution in [3.05, 3.63) is 53.6 Å². The van der Waals surface area contributed by atoms with Crippen molar-refractivity contribution in [1.82, 2.24) is 30.4 Å². The lowest BCUT2D eigenvalue weighted by atomic mass is 10.1. The summed E-state index contributed by atoms with van der Waals surface area (Å²) in [5, 5.41) is 4.18. The van der Waals surface area contributed by atoms with Crippen LogP contribution in [0.1, 0.15) is 27.6 Å². The highest BCUT2D eigenvalue weighted by molar-refractivity contribution is 5.91. The van der Waals surface area contributed by atoms with Crippen LogP contribution < -0.4 is 20.3 Å². The molecule has 9 heteroatoms. The quantitative estimate of drug-likeness (QED) is 0.638. The molecule has 0 unspecified atom stereocenters. The van der Waals surface area contributed by atoms with Gasteiger partial charge in [-0.05, 0) is 32.0 Å². The van der Waals surface area contributed by atoms with Gasteiger partial charge in [0.25, 0.3) is 5.78 Å². The van der Waals surface area contributed by atoms with Crippen LogP contribution >= 0.6 is 0 Å². The van der Waals surface area contributed by atoms with Gasteiger partial charge in [0.1, 0.15) is 11.5 Å². The molecule has 0 radical (unpaired) electrons. The maximum absolute atomic E-state index is 12.4. The molecule has 0 saturated heterocycles. The van der Waals surface area contributed by atoms with Gasteiger partial charge in [-0.1, -0.05) is 6.58 Å². The number of amides is 1. The number of nitrogens with zero attached hydrogens (tertiary/aromatic N) is 4. The van der Waals surface area contributed by atoms with Crippen molar-refractivity contribution in [2.45, 2.75) is 13.8 Å². The number of carbonyl (C=O) groups excluding carboxylic acids is 1.